The second-order valence-corrected chi connectivity index (χ2v) is 7.82. The molecule has 1 saturated heterocycles. The maximum absolute atomic E-state index is 12.6. The molecule has 4 nitrogen and oxygen atoms in total. The molecule has 3 aliphatic rings. The van der Waals surface area contributed by atoms with Crippen LogP contribution in [0, 0.1) is 11.8 Å². The minimum Gasteiger partial charge on any atom is -0.381 e. The van der Waals surface area contributed by atoms with Gasteiger partial charge in [0.1, 0.15) is 0 Å². The van der Waals surface area contributed by atoms with Gasteiger partial charge in [0, 0.05) is 43.6 Å². The summed E-state index contributed by atoms with van der Waals surface area (Å²) < 4.78 is 5.36. The minimum atomic E-state index is 0.0596. The minimum absolute atomic E-state index is 0.0596. The Labute approximate surface area is 144 Å². The summed E-state index contributed by atoms with van der Waals surface area (Å²) in [6, 6.07) is 7.17. The number of benzene rings is 1. The van der Waals surface area contributed by atoms with Crippen LogP contribution in [0.2, 0.25) is 0 Å². The summed E-state index contributed by atoms with van der Waals surface area (Å²) in [5.74, 6) is 1.59. The van der Waals surface area contributed by atoms with Crippen LogP contribution >= 0.6 is 0 Å². The van der Waals surface area contributed by atoms with E-state index in [2.05, 4.69) is 36.3 Å². The molecule has 2 fully saturated rings. The first-order valence-electron chi connectivity index (χ1n) is 9.38. The molecule has 1 saturated carbocycles. The molecule has 0 aromatic heterocycles. The van der Waals surface area contributed by atoms with Gasteiger partial charge in [0.05, 0.1) is 0 Å². The smallest absolute Gasteiger partial charge is 0.251 e. The largest absolute Gasteiger partial charge is 0.381 e. The van der Waals surface area contributed by atoms with Gasteiger partial charge in [-0.15, -0.1) is 0 Å². The fourth-order valence-corrected chi connectivity index (χ4v) is 4.57. The molecule has 0 bridgehead atoms. The van der Waals surface area contributed by atoms with Crippen LogP contribution < -0.4 is 10.2 Å². The molecule has 1 aromatic carbocycles. The molecule has 1 aromatic rings. The van der Waals surface area contributed by atoms with E-state index >= 15 is 0 Å². The molecular weight excluding hydrogens is 300 g/mol. The quantitative estimate of drug-likeness (QED) is 0.927. The Morgan fingerprint density at radius 3 is 2.67 bits per heavy atom. The van der Waals surface area contributed by atoms with Crippen molar-refractivity contribution in [2.45, 2.75) is 51.1 Å². The Balaban J connectivity index is 1.50. The topological polar surface area (TPSA) is 41.6 Å². The van der Waals surface area contributed by atoms with E-state index in [0.29, 0.717) is 12.0 Å². The Kier molecular flexibility index (Phi) is 4.25. The predicted molar refractivity (Wildman–Crippen MR) is 95.5 cm³/mol. The van der Waals surface area contributed by atoms with Gasteiger partial charge in [-0.3, -0.25) is 4.79 Å². The third kappa shape index (κ3) is 3.04. The van der Waals surface area contributed by atoms with Crippen molar-refractivity contribution < 1.29 is 9.53 Å². The average Bonchev–Trinajstić information content (AvgIpc) is 3.40. The molecule has 2 atom stereocenters. The molecule has 1 unspecified atom stereocenters. The normalized spacial score (nSPS) is 27.7. The van der Waals surface area contributed by atoms with Crippen LogP contribution in [0.4, 0.5) is 5.69 Å². The zero-order valence-corrected chi connectivity index (χ0v) is 14.8. The highest BCUT2D eigenvalue weighted by atomic mass is 16.5. The van der Waals surface area contributed by atoms with Crippen LogP contribution in [0.5, 0.6) is 0 Å². The summed E-state index contributed by atoms with van der Waals surface area (Å²) in [7, 11) is 2.22. The molecule has 2 heterocycles. The third-order valence-electron chi connectivity index (χ3n) is 5.96. The molecule has 1 amide bonds. The first-order valence-corrected chi connectivity index (χ1v) is 9.38. The second-order valence-electron chi connectivity index (χ2n) is 7.82. The second kappa shape index (κ2) is 6.40. The van der Waals surface area contributed by atoms with Gasteiger partial charge in [0.2, 0.25) is 0 Å². The Hall–Kier alpha value is -1.55. The molecule has 24 heavy (non-hydrogen) atoms. The molecule has 130 valence electrons. The van der Waals surface area contributed by atoms with Crippen LogP contribution in [-0.4, -0.2) is 38.3 Å². The fourth-order valence-electron chi connectivity index (χ4n) is 4.57. The monoisotopic (exact) mass is 328 g/mol. The van der Waals surface area contributed by atoms with E-state index in [1.807, 2.05) is 6.07 Å². The number of ether oxygens (including phenoxy) is 1. The number of fused-ring (bicyclic) bond motifs is 1. The van der Waals surface area contributed by atoms with E-state index in [0.717, 1.165) is 44.0 Å². The van der Waals surface area contributed by atoms with Gasteiger partial charge in [0.15, 0.2) is 0 Å². The zero-order valence-electron chi connectivity index (χ0n) is 14.8. The number of rotatable bonds is 3. The SMILES string of the molecule is CC1Cc2cc(C(=O)NC3CCOCC3)ccc2N(C)[C@H]1C1CC1. The highest BCUT2D eigenvalue weighted by molar-refractivity contribution is 5.95. The maximum atomic E-state index is 12.6. The van der Waals surface area contributed by atoms with Crippen molar-refractivity contribution in [3.05, 3.63) is 29.3 Å². The average molecular weight is 328 g/mol. The summed E-state index contributed by atoms with van der Waals surface area (Å²) in [6.45, 7) is 3.86. The Morgan fingerprint density at radius 1 is 1.21 bits per heavy atom. The maximum Gasteiger partial charge on any atom is 0.251 e. The van der Waals surface area contributed by atoms with Crippen molar-refractivity contribution in [2.75, 3.05) is 25.2 Å². The van der Waals surface area contributed by atoms with Crippen LogP contribution in [0.25, 0.3) is 0 Å². The summed E-state index contributed by atoms with van der Waals surface area (Å²) in [4.78, 5) is 15.0. The van der Waals surface area contributed by atoms with Gasteiger partial charge >= 0.3 is 0 Å². The summed E-state index contributed by atoms with van der Waals surface area (Å²) >= 11 is 0. The number of hydrogen-bond donors (Lipinski definition) is 1. The number of nitrogens with one attached hydrogen (secondary N) is 1. The van der Waals surface area contributed by atoms with Crippen LogP contribution in [0.15, 0.2) is 18.2 Å². The van der Waals surface area contributed by atoms with E-state index < -0.39 is 0 Å². The molecule has 4 heteroatoms. The number of hydrogen-bond acceptors (Lipinski definition) is 3. The van der Waals surface area contributed by atoms with Crippen molar-refractivity contribution in [3.63, 3.8) is 0 Å². The number of anilines is 1. The highest BCUT2D eigenvalue weighted by Crippen LogP contribution is 2.44. The Bertz CT molecular complexity index is 620. The van der Waals surface area contributed by atoms with Gasteiger partial charge in [-0.25, -0.2) is 0 Å². The summed E-state index contributed by atoms with van der Waals surface area (Å²) in [6.07, 6.45) is 5.67. The molecule has 0 radical (unpaired) electrons. The number of amides is 1. The molecule has 1 N–H and O–H groups in total. The number of carbonyl (C=O) groups is 1. The van der Waals surface area contributed by atoms with E-state index in [4.69, 9.17) is 4.74 Å². The molecular formula is C20H28N2O2. The van der Waals surface area contributed by atoms with Crippen LogP contribution in [0.3, 0.4) is 0 Å². The molecule has 2 aliphatic heterocycles. The van der Waals surface area contributed by atoms with Gasteiger partial charge in [-0.2, -0.15) is 0 Å². The number of carbonyl (C=O) groups excluding carboxylic acids is 1. The lowest BCUT2D eigenvalue weighted by Crippen LogP contribution is -2.43. The first kappa shape index (κ1) is 15.9. The van der Waals surface area contributed by atoms with Crippen molar-refractivity contribution in [2.24, 2.45) is 11.8 Å². The van der Waals surface area contributed by atoms with Gasteiger partial charge in [-0.05, 0) is 67.7 Å². The van der Waals surface area contributed by atoms with Crippen molar-refractivity contribution in [3.8, 4) is 0 Å². The highest BCUT2D eigenvalue weighted by Gasteiger charge is 2.40. The summed E-state index contributed by atoms with van der Waals surface area (Å²) in [5.41, 5.74) is 3.43. The lowest BCUT2D eigenvalue weighted by atomic mass is 9.84. The van der Waals surface area contributed by atoms with E-state index in [1.54, 1.807) is 0 Å². The standard InChI is InChI=1S/C20H28N2O2/c1-13-11-16-12-15(20(23)21-17-7-9-24-10-8-17)5-6-18(16)22(2)19(13)14-3-4-14/h5-6,12-14,17,19H,3-4,7-11H2,1-2H3,(H,21,23)/t13?,19-/m1/s1. The Morgan fingerprint density at radius 2 is 1.96 bits per heavy atom. The summed E-state index contributed by atoms with van der Waals surface area (Å²) in [5, 5.41) is 3.17. The van der Waals surface area contributed by atoms with E-state index in [9.17, 15) is 4.79 Å². The van der Waals surface area contributed by atoms with Gasteiger partial charge < -0.3 is 15.0 Å². The third-order valence-corrected chi connectivity index (χ3v) is 5.96. The predicted octanol–water partition coefficient (Wildman–Crippen LogP) is 3.00. The van der Waals surface area contributed by atoms with Gasteiger partial charge in [0.25, 0.3) is 5.91 Å². The lowest BCUT2D eigenvalue weighted by molar-refractivity contribution is 0.0696. The van der Waals surface area contributed by atoms with E-state index in [1.165, 1.54) is 24.1 Å². The van der Waals surface area contributed by atoms with Crippen LogP contribution in [-0.2, 0) is 11.2 Å². The molecule has 1 aliphatic carbocycles. The van der Waals surface area contributed by atoms with Crippen molar-refractivity contribution in [1.82, 2.24) is 5.32 Å². The van der Waals surface area contributed by atoms with Gasteiger partial charge in [-0.1, -0.05) is 6.92 Å². The van der Waals surface area contributed by atoms with Crippen LogP contribution in [0.1, 0.15) is 48.5 Å². The lowest BCUT2D eigenvalue weighted by Gasteiger charge is -2.41. The fraction of sp³-hybridized carbons (Fsp3) is 0.650. The van der Waals surface area contributed by atoms with E-state index in [-0.39, 0.29) is 11.9 Å². The molecule has 4 rings (SSSR count). The number of nitrogens with zero attached hydrogens (tertiary/aromatic N) is 1. The first-order chi connectivity index (χ1) is 11.6. The van der Waals surface area contributed by atoms with Crippen molar-refractivity contribution in [1.29, 1.82) is 0 Å². The van der Waals surface area contributed by atoms with Crippen molar-refractivity contribution >= 4 is 11.6 Å². The molecule has 0 spiro atoms. The zero-order chi connectivity index (χ0) is 16.7.